The van der Waals surface area contributed by atoms with Gasteiger partial charge in [-0.3, -0.25) is 0 Å². The second kappa shape index (κ2) is 7.93. The Balaban J connectivity index is 2.31. The topological polar surface area (TPSA) is 89.9 Å². The van der Waals surface area contributed by atoms with E-state index in [1.807, 2.05) is 0 Å². The van der Waals surface area contributed by atoms with E-state index in [1.165, 1.54) is 0 Å². The molecule has 0 aliphatic carbocycles. The number of hydrogen-bond donors (Lipinski definition) is 3. The Morgan fingerprint density at radius 2 is 2.39 bits per heavy atom. The molecule has 18 heavy (non-hydrogen) atoms. The summed E-state index contributed by atoms with van der Waals surface area (Å²) in [7, 11) is 0.227. The van der Waals surface area contributed by atoms with Crippen LogP contribution in [0.1, 0.15) is 6.42 Å². The number of carboxylic acid groups (broad SMARTS) is 1. The minimum atomic E-state index is -0.859. The zero-order chi connectivity index (χ0) is 13.5. The molecule has 0 amide bonds. The first-order valence-corrected chi connectivity index (χ1v) is 7.03. The van der Waals surface area contributed by atoms with Gasteiger partial charge < -0.3 is 0 Å². The van der Waals surface area contributed by atoms with E-state index in [0.717, 1.165) is 12.9 Å². The first kappa shape index (κ1) is 15.7. The molecule has 0 bridgehead atoms. The van der Waals surface area contributed by atoms with Crippen LogP contribution in [-0.4, -0.2) is 71.8 Å². The van der Waals surface area contributed by atoms with E-state index < -0.39 is 19.1 Å². The average molecular weight is 272 g/mol. The van der Waals surface area contributed by atoms with Crippen LogP contribution in [0.15, 0.2) is 0 Å². The summed E-state index contributed by atoms with van der Waals surface area (Å²) in [6.45, 7) is 2.98. The number of thioether (sulfide) groups is 1. The zero-order valence-electron chi connectivity index (χ0n) is 10.4. The van der Waals surface area contributed by atoms with Crippen LogP contribution in [0.25, 0.3) is 0 Å². The van der Waals surface area contributed by atoms with E-state index in [2.05, 4.69) is 5.23 Å². The molecule has 1 saturated heterocycles. The molecule has 0 aromatic rings. The normalized spacial score (nSPS) is 23.9. The van der Waals surface area contributed by atoms with Crippen LogP contribution in [0.2, 0.25) is 6.82 Å². The van der Waals surface area contributed by atoms with Gasteiger partial charge in [0.15, 0.2) is 0 Å². The molecule has 1 rings (SSSR count). The number of hydrogen-bond acceptors (Lipinski definition) is 6. The molecular weight excluding hydrogens is 254 g/mol. The van der Waals surface area contributed by atoms with Gasteiger partial charge in [-0.1, -0.05) is 0 Å². The summed E-state index contributed by atoms with van der Waals surface area (Å²) in [5, 5.41) is 21.2. The first-order chi connectivity index (χ1) is 8.54. The van der Waals surface area contributed by atoms with Gasteiger partial charge in [0.1, 0.15) is 0 Å². The molecule has 0 radical (unpaired) electrons. The van der Waals surface area contributed by atoms with Crippen LogP contribution < -0.4 is 5.23 Å². The summed E-state index contributed by atoms with van der Waals surface area (Å²) in [6.07, 6.45) is 0.752. The summed E-state index contributed by atoms with van der Waals surface area (Å²) < 4.78 is 10.5. The molecule has 0 saturated carbocycles. The number of nitrogens with one attached hydrogen (secondary N) is 1. The predicted octanol–water partition coefficient (Wildman–Crippen LogP) is -1.05. The summed E-state index contributed by atoms with van der Waals surface area (Å²) in [5.41, 5.74) is 0. The Hall–Kier alpha value is -0.370. The van der Waals surface area contributed by atoms with Crippen molar-refractivity contribution in [3.05, 3.63) is 0 Å². The van der Waals surface area contributed by atoms with Gasteiger partial charge in [0.2, 0.25) is 0 Å². The van der Waals surface area contributed by atoms with Crippen molar-refractivity contribution in [2.75, 3.05) is 25.3 Å². The first-order valence-electron chi connectivity index (χ1n) is 5.98. The van der Waals surface area contributed by atoms with E-state index in [9.17, 15) is 9.50 Å². The Labute approximate surface area is 112 Å². The maximum absolute atomic E-state index is 11.0. The fourth-order valence-electron chi connectivity index (χ4n) is 2.03. The van der Waals surface area contributed by atoms with E-state index in [1.54, 1.807) is 23.5 Å². The molecule has 100 valence electrons. The van der Waals surface area contributed by atoms with Gasteiger partial charge in [-0.05, 0) is 0 Å². The molecule has 1 aliphatic rings. The molecule has 2 atom stereocenters. The monoisotopic (exact) mass is 272 g/mol. The van der Waals surface area contributed by atoms with Crippen molar-refractivity contribution >= 4 is 31.9 Å². The molecule has 1 aliphatic heterocycles. The molecule has 0 aromatic carbocycles. The van der Waals surface area contributed by atoms with Gasteiger partial charge in [0.25, 0.3) is 0 Å². The van der Waals surface area contributed by atoms with Crippen molar-refractivity contribution < 1.29 is 19.6 Å². The van der Waals surface area contributed by atoms with Crippen molar-refractivity contribution in [1.29, 1.82) is 0 Å². The fourth-order valence-corrected chi connectivity index (χ4v) is 3.21. The van der Waals surface area contributed by atoms with Gasteiger partial charge in [0.05, 0.1) is 0 Å². The van der Waals surface area contributed by atoms with Crippen molar-refractivity contribution in [2.45, 2.75) is 24.5 Å². The second-order valence-electron chi connectivity index (χ2n) is 4.33. The standard InChI is InChI=1S/C9H18B2N2O4S/c1-11(17)12-2-3-18-7-4-8(9(14)15)13(5-7)6-10-16/h7-8,12,17H,2-6H2,1H3,(H,14,15)/t7?,8-/m0/s1. The van der Waals surface area contributed by atoms with E-state index in [-0.39, 0.29) is 11.7 Å². The summed E-state index contributed by atoms with van der Waals surface area (Å²) >= 11 is 1.68. The Morgan fingerprint density at radius 3 is 2.94 bits per heavy atom. The van der Waals surface area contributed by atoms with Crippen LogP contribution in [0.5, 0.6) is 0 Å². The van der Waals surface area contributed by atoms with Crippen LogP contribution >= 0.6 is 11.8 Å². The summed E-state index contributed by atoms with van der Waals surface area (Å²) in [4.78, 5) is 12.7. The van der Waals surface area contributed by atoms with Crippen molar-refractivity contribution in [3.8, 4) is 0 Å². The third kappa shape index (κ3) is 5.09. The Morgan fingerprint density at radius 1 is 1.67 bits per heavy atom. The van der Waals surface area contributed by atoms with E-state index >= 15 is 0 Å². The summed E-state index contributed by atoms with van der Waals surface area (Å²) in [6, 6.07) is -0.544. The van der Waals surface area contributed by atoms with Gasteiger partial charge in [-0.25, -0.2) is 0 Å². The van der Waals surface area contributed by atoms with Crippen LogP contribution in [0, 0.1) is 0 Å². The maximum atomic E-state index is 11.0. The van der Waals surface area contributed by atoms with Gasteiger partial charge in [0, 0.05) is 0 Å². The van der Waals surface area contributed by atoms with Crippen LogP contribution in [-0.2, 0) is 9.50 Å². The zero-order valence-corrected chi connectivity index (χ0v) is 11.2. The van der Waals surface area contributed by atoms with Crippen LogP contribution in [0.4, 0.5) is 0 Å². The Bertz CT molecular complexity index is 296. The predicted molar refractivity (Wildman–Crippen MR) is 72.1 cm³/mol. The molecular formula is C9H18B2N2O4S. The van der Waals surface area contributed by atoms with Gasteiger partial charge >= 0.3 is 112 Å². The van der Waals surface area contributed by atoms with E-state index in [0.29, 0.717) is 19.5 Å². The minimum absolute atomic E-state index is 0.181. The molecule has 3 N–H and O–H groups in total. The molecule has 1 unspecified atom stereocenters. The average Bonchev–Trinajstić information content (AvgIpc) is 2.68. The SMILES string of the molecule is CB(O)NCCSC1C[C@@H](C(=O)O)N(CB=O)C1. The molecule has 6 nitrogen and oxygen atoms in total. The number of likely N-dealkylation sites (tertiary alicyclic amines) is 1. The third-order valence-electron chi connectivity index (χ3n) is 2.85. The molecule has 1 fully saturated rings. The van der Waals surface area contributed by atoms with Crippen molar-refractivity contribution in [1.82, 2.24) is 10.1 Å². The number of aliphatic carboxylic acids is 1. The fraction of sp³-hybridized carbons (Fsp3) is 0.889. The number of rotatable bonds is 8. The van der Waals surface area contributed by atoms with Crippen molar-refractivity contribution in [2.24, 2.45) is 0 Å². The second-order valence-corrected chi connectivity index (χ2v) is 5.74. The molecule has 1 heterocycles. The molecule has 0 aromatic heterocycles. The molecule has 0 spiro atoms. The van der Waals surface area contributed by atoms with E-state index in [4.69, 9.17) is 10.1 Å². The summed E-state index contributed by atoms with van der Waals surface area (Å²) in [5.74, 6) is -0.0429. The van der Waals surface area contributed by atoms with Crippen molar-refractivity contribution in [3.63, 3.8) is 0 Å². The quantitative estimate of drug-likeness (QED) is 0.384. The van der Waals surface area contributed by atoms with Gasteiger partial charge in [-0.15, -0.1) is 0 Å². The number of carbonyl (C=O) groups is 1. The van der Waals surface area contributed by atoms with Gasteiger partial charge in [-0.2, -0.15) is 0 Å². The Kier molecular flexibility index (Phi) is 6.91. The number of carboxylic acids is 1. The van der Waals surface area contributed by atoms with Crippen LogP contribution in [0.3, 0.4) is 0 Å². The molecule has 9 heteroatoms. The third-order valence-corrected chi connectivity index (χ3v) is 4.11. The number of nitrogens with zero attached hydrogens (tertiary/aromatic N) is 1.